The van der Waals surface area contributed by atoms with Crippen molar-refractivity contribution in [1.82, 2.24) is 0 Å². The first kappa shape index (κ1) is 9.82. The van der Waals surface area contributed by atoms with Crippen molar-refractivity contribution < 1.29 is 13.9 Å². The summed E-state index contributed by atoms with van der Waals surface area (Å²) in [6.45, 7) is 4.89. The third-order valence-electron chi connectivity index (χ3n) is 1.68. The third kappa shape index (κ3) is 2.60. The summed E-state index contributed by atoms with van der Waals surface area (Å²) in [5, 5.41) is 10.1. The summed E-state index contributed by atoms with van der Waals surface area (Å²) in [5.74, 6) is -1.26. The third-order valence-corrected chi connectivity index (χ3v) is 1.68. The summed E-state index contributed by atoms with van der Waals surface area (Å²) in [7, 11) is 0. The second kappa shape index (κ2) is 3.28. The topological polar surface area (TPSA) is 19.9 Å². The van der Waals surface area contributed by atoms with Crippen LogP contribution in [0.3, 0.4) is 0 Å². The van der Waals surface area contributed by atoms with E-state index in [2.05, 4.69) is 0 Å². The van der Waals surface area contributed by atoms with Gasteiger partial charge in [-0.1, -0.05) is 20.8 Å². The Bertz CT molecular complexity index is 96.3. The Morgan fingerprint density at radius 2 is 1.80 bits per heavy atom. The lowest BCUT2D eigenvalue weighted by Crippen LogP contribution is -2.29. The van der Waals surface area contributed by atoms with Gasteiger partial charge >= 0.3 is 6.11 Å². The molecule has 1 unspecified atom stereocenters. The molecule has 0 aliphatic carbocycles. The lowest BCUT2D eigenvalue weighted by Gasteiger charge is -2.21. The Hall–Kier alpha value is -0.180. The Kier molecular flexibility index (Phi) is 3.22. The zero-order valence-electron chi connectivity index (χ0n) is 6.53. The fourth-order valence-electron chi connectivity index (χ4n) is 1.10. The molecule has 1 atom stereocenters. The van der Waals surface area contributed by atoms with Gasteiger partial charge in [-0.3, -0.25) is 0 Å². The standard InChI is InChI=1S/C7H13F2O/c1-4-6(5(2)3)7(8,9)10/h5-6H,4H2,1-3H3. The van der Waals surface area contributed by atoms with Crippen LogP contribution in [-0.4, -0.2) is 6.11 Å². The van der Waals surface area contributed by atoms with Crippen molar-refractivity contribution in [3.8, 4) is 0 Å². The zero-order valence-corrected chi connectivity index (χ0v) is 6.53. The second-order valence-corrected chi connectivity index (χ2v) is 2.82. The van der Waals surface area contributed by atoms with Gasteiger partial charge in [0.05, 0.1) is 5.92 Å². The van der Waals surface area contributed by atoms with Gasteiger partial charge in [-0.2, -0.15) is 13.9 Å². The molecule has 1 nitrogen and oxygen atoms in total. The molecule has 0 aromatic rings. The Balaban J connectivity index is 4.07. The van der Waals surface area contributed by atoms with Crippen LogP contribution < -0.4 is 0 Å². The van der Waals surface area contributed by atoms with Gasteiger partial charge in [-0.25, -0.2) is 0 Å². The van der Waals surface area contributed by atoms with E-state index < -0.39 is 12.0 Å². The van der Waals surface area contributed by atoms with Gasteiger partial charge in [-0.15, -0.1) is 0 Å². The van der Waals surface area contributed by atoms with E-state index in [0.717, 1.165) is 0 Å². The molecular weight excluding hydrogens is 138 g/mol. The molecule has 0 N–H and O–H groups in total. The van der Waals surface area contributed by atoms with Gasteiger partial charge in [0.2, 0.25) is 0 Å². The van der Waals surface area contributed by atoms with Crippen LogP contribution in [0.1, 0.15) is 27.2 Å². The molecule has 0 heterocycles. The maximum atomic E-state index is 12.1. The number of hydrogen-bond acceptors (Lipinski definition) is 0. The van der Waals surface area contributed by atoms with Crippen LogP contribution in [0.2, 0.25) is 0 Å². The van der Waals surface area contributed by atoms with Crippen LogP contribution >= 0.6 is 0 Å². The minimum Gasteiger partial charge on any atom is -0.173 e. The average Bonchev–Trinajstić information content (AvgIpc) is 1.60. The summed E-state index contributed by atoms with van der Waals surface area (Å²) in [6.07, 6.45) is -3.52. The molecule has 0 aromatic carbocycles. The molecule has 10 heavy (non-hydrogen) atoms. The molecule has 0 rings (SSSR count). The molecular formula is C7H13F2O. The zero-order chi connectivity index (χ0) is 8.36. The molecule has 0 fully saturated rings. The van der Waals surface area contributed by atoms with E-state index in [1.807, 2.05) is 0 Å². The Labute approximate surface area is 60.1 Å². The summed E-state index contributed by atoms with van der Waals surface area (Å²) in [5.41, 5.74) is 0. The van der Waals surface area contributed by atoms with Gasteiger partial charge in [0.1, 0.15) is 0 Å². The second-order valence-electron chi connectivity index (χ2n) is 2.82. The van der Waals surface area contributed by atoms with Crippen LogP contribution in [0.4, 0.5) is 8.78 Å². The molecule has 0 saturated heterocycles. The summed E-state index contributed by atoms with van der Waals surface area (Å²) < 4.78 is 24.2. The van der Waals surface area contributed by atoms with E-state index >= 15 is 0 Å². The summed E-state index contributed by atoms with van der Waals surface area (Å²) >= 11 is 0. The SMILES string of the molecule is CCC(C(C)C)C([O])(F)F. The molecule has 0 aromatic heterocycles. The minimum absolute atomic E-state index is 0.238. The fraction of sp³-hybridized carbons (Fsp3) is 1.00. The maximum Gasteiger partial charge on any atom is 0.384 e. The predicted molar refractivity (Wildman–Crippen MR) is 34.3 cm³/mol. The van der Waals surface area contributed by atoms with Crippen LogP contribution in [0, 0.1) is 11.8 Å². The smallest absolute Gasteiger partial charge is 0.173 e. The van der Waals surface area contributed by atoms with Gasteiger partial charge < -0.3 is 0 Å². The molecule has 61 valence electrons. The minimum atomic E-state index is -3.76. The first-order valence-corrected chi connectivity index (χ1v) is 3.47. The van der Waals surface area contributed by atoms with Crippen molar-refractivity contribution in [3.63, 3.8) is 0 Å². The normalized spacial score (nSPS) is 15.9. The first-order valence-electron chi connectivity index (χ1n) is 3.47. The molecule has 0 saturated carbocycles. The Morgan fingerprint density at radius 3 is 1.80 bits per heavy atom. The quantitative estimate of drug-likeness (QED) is 0.591. The average molecular weight is 151 g/mol. The lowest BCUT2D eigenvalue weighted by molar-refractivity contribution is -0.284. The monoisotopic (exact) mass is 151 g/mol. The van der Waals surface area contributed by atoms with E-state index in [9.17, 15) is 13.9 Å². The van der Waals surface area contributed by atoms with Crippen molar-refractivity contribution in [2.24, 2.45) is 11.8 Å². The largest absolute Gasteiger partial charge is 0.384 e. The molecule has 0 amide bonds. The molecule has 0 aliphatic rings. The Morgan fingerprint density at radius 1 is 1.40 bits per heavy atom. The van der Waals surface area contributed by atoms with Gasteiger partial charge in [0, 0.05) is 0 Å². The molecule has 3 heteroatoms. The van der Waals surface area contributed by atoms with E-state index in [4.69, 9.17) is 0 Å². The van der Waals surface area contributed by atoms with Crippen molar-refractivity contribution in [2.45, 2.75) is 33.3 Å². The first-order chi connectivity index (χ1) is 4.39. The highest BCUT2D eigenvalue weighted by molar-refractivity contribution is 4.67. The molecule has 0 spiro atoms. The highest BCUT2D eigenvalue weighted by Crippen LogP contribution is 2.30. The van der Waals surface area contributed by atoms with Gasteiger partial charge in [0.25, 0.3) is 0 Å². The molecule has 0 aliphatic heterocycles. The lowest BCUT2D eigenvalue weighted by atomic mass is 9.92. The van der Waals surface area contributed by atoms with Crippen LogP contribution in [0.15, 0.2) is 0 Å². The van der Waals surface area contributed by atoms with E-state index in [0.29, 0.717) is 0 Å². The van der Waals surface area contributed by atoms with E-state index in [1.165, 1.54) is 0 Å². The summed E-state index contributed by atoms with van der Waals surface area (Å²) in [4.78, 5) is 0. The highest BCUT2D eigenvalue weighted by Gasteiger charge is 2.39. The van der Waals surface area contributed by atoms with E-state index in [1.54, 1.807) is 20.8 Å². The van der Waals surface area contributed by atoms with Gasteiger partial charge in [0.15, 0.2) is 0 Å². The van der Waals surface area contributed by atoms with Crippen molar-refractivity contribution in [3.05, 3.63) is 0 Å². The number of hydrogen-bond donors (Lipinski definition) is 0. The van der Waals surface area contributed by atoms with Crippen molar-refractivity contribution >= 4 is 0 Å². The van der Waals surface area contributed by atoms with Crippen molar-refractivity contribution in [2.75, 3.05) is 0 Å². The van der Waals surface area contributed by atoms with Gasteiger partial charge in [-0.05, 0) is 12.3 Å². The number of rotatable bonds is 3. The predicted octanol–water partition coefficient (Wildman–Crippen LogP) is 2.69. The molecule has 0 bridgehead atoms. The number of halogens is 2. The number of alkyl halides is 2. The van der Waals surface area contributed by atoms with E-state index in [-0.39, 0.29) is 12.3 Å². The van der Waals surface area contributed by atoms with Crippen molar-refractivity contribution in [1.29, 1.82) is 0 Å². The summed E-state index contributed by atoms with van der Waals surface area (Å²) in [6, 6.07) is 0. The van der Waals surface area contributed by atoms with Crippen LogP contribution in [0.25, 0.3) is 0 Å². The van der Waals surface area contributed by atoms with Crippen LogP contribution in [0.5, 0.6) is 0 Å². The van der Waals surface area contributed by atoms with Crippen LogP contribution in [-0.2, 0) is 5.11 Å². The maximum absolute atomic E-state index is 12.1. The highest BCUT2D eigenvalue weighted by atomic mass is 19.3. The molecule has 1 radical (unpaired) electrons. The fourth-order valence-corrected chi connectivity index (χ4v) is 1.10.